The summed E-state index contributed by atoms with van der Waals surface area (Å²) >= 11 is 0. The molecular weight excluding hydrogens is 290 g/mol. The molecule has 0 spiro atoms. The summed E-state index contributed by atoms with van der Waals surface area (Å²) in [5.41, 5.74) is -3.33. The minimum atomic E-state index is -2.43. The molecule has 0 aliphatic carbocycles. The standard InChI is InChI=1S/C15H15NO6/c1-13-11(17)7-21-15(13,20)14(19,12(18)22-13)9-6-16-10-5-3-2-4-8(9)10/h2-6,11,16-17,19-20H,7H2,1H3/t11-,13+,14+,15-/m0/s1. The van der Waals surface area contributed by atoms with Gasteiger partial charge in [-0.25, -0.2) is 4.79 Å². The van der Waals surface area contributed by atoms with E-state index in [0.29, 0.717) is 10.9 Å². The Balaban J connectivity index is 1.99. The first kappa shape index (κ1) is 13.7. The highest BCUT2D eigenvalue weighted by molar-refractivity contribution is 5.94. The topological polar surface area (TPSA) is 112 Å². The number of ether oxygens (including phenoxy) is 2. The number of aliphatic hydroxyl groups is 3. The molecule has 4 rings (SSSR count). The molecule has 1 aromatic heterocycles. The Morgan fingerprint density at radius 2 is 2.05 bits per heavy atom. The lowest BCUT2D eigenvalue weighted by molar-refractivity contribution is -0.287. The van der Waals surface area contributed by atoms with E-state index in [9.17, 15) is 20.1 Å². The van der Waals surface area contributed by atoms with Crippen LogP contribution in [-0.4, -0.2) is 50.4 Å². The number of esters is 1. The number of aromatic nitrogens is 1. The average molecular weight is 305 g/mol. The van der Waals surface area contributed by atoms with E-state index in [1.54, 1.807) is 24.3 Å². The maximum Gasteiger partial charge on any atom is 0.349 e. The second kappa shape index (κ2) is 3.88. The number of rotatable bonds is 1. The first-order chi connectivity index (χ1) is 10.3. The van der Waals surface area contributed by atoms with E-state index in [1.807, 2.05) is 0 Å². The van der Waals surface area contributed by atoms with Crippen molar-refractivity contribution < 1.29 is 29.6 Å². The zero-order valence-corrected chi connectivity index (χ0v) is 11.7. The van der Waals surface area contributed by atoms with Gasteiger partial charge >= 0.3 is 5.97 Å². The van der Waals surface area contributed by atoms with E-state index in [2.05, 4.69) is 4.98 Å². The first-order valence-corrected chi connectivity index (χ1v) is 6.91. The number of benzene rings is 1. The lowest BCUT2D eigenvalue weighted by Gasteiger charge is -2.36. The van der Waals surface area contributed by atoms with Crippen molar-refractivity contribution in [2.24, 2.45) is 0 Å². The van der Waals surface area contributed by atoms with E-state index >= 15 is 0 Å². The van der Waals surface area contributed by atoms with Gasteiger partial charge in [-0.3, -0.25) is 0 Å². The summed E-state index contributed by atoms with van der Waals surface area (Å²) in [6.07, 6.45) is 0.199. The van der Waals surface area contributed by atoms with E-state index in [0.717, 1.165) is 0 Å². The third-order valence-corrected chi connectivity index (χ3v) is 4.83. The minimum Gasteiger partial charge on any atom is -0.448 e. The number of nitrogens with one attached hydrogen (secondary N) is 1. The van der Waals surface area contributed by atoms with Crippen molar-refractivity contribution in [3.63, 3.8) is 0 Å². The number of aliphatic hydroxyl groups excluding tert-OH is 1. The van der Waals surface area contributed by atoms with Crippen molar-refractivity contribution in [3.8, 4) is 0 Å². The summed E-state index contributed by atoms with van der Waals surface area (Å²) in [7, 11) is 0. The van der Waals surface area contributed by atoms with Crippen molar-refractivity contribution in [1.29, 1.82) is 0 Å². The average Bonchev–Trinajstić information content (AvgIpc) is 3.07. The quantitative estimate of drug-likeness (QED) is 0.541. The maximum atomic E-state index is 12.4. The molecule has 0 saturated carbocycles. The third-order valence-electron chi connectivity index (χ3n) is 4.83. The number of carbonyl (C=O) groups is 1. The fourth-order valence-electron chi connectivity index (χ4n) is 3.40. The predicted octanol–water partition coefficient (Wildman–Crippen LogP) is -0.249. The van der Waals surface area contributed by atoms with Crippen LogP contribution in [0.15, 0.2) is 30.5 Å². The normalized spacial score (nSPS) is 40.9. The molecule has 1 aromatic carbocycles. The molecule has 4 atom stereocenters. The minimum absolute atomic E-state index is 0.147. The van der Waals surface area contributed by atoms with Crippen LogP contribution >= 0.6 is 0 Å². The zero-order chi connectivity index (χ0) is 15.8. The molecular formula is C15H15NO6. The van der Waals surface area contributed by atoms with E-state index in [-0.39, 0.29) is 12.2 Å². The summed E-state index contributed by atoms with van der Waals surface area (Å²) in [6.45, 7) is 1.10. The molecule has 2 saturated heterocycles. The number of aromatic amines is 1. The lowest BCUT2D eigenvalue weighted by Crippen LogP contribution is -2.60. The van der Waals surface area contributed by atoms with Gasteiger partial charge in [0.15, 0.2) is 5.60 Å². The molecule has 3 heterocycles. The summed E-state index contributed by atoms with van der Waals surface area (Å²) in [6, 6.07) is 7.03. The predicted molar refractivity (Wildman–Crippen MR) is 73.6 cm³/mol. The summed E-state index contributed by atoms with van der Waals surface area (Å²) in [5.74, 6) is -3.43. The maximum absolute atomic E-state index is 12.4. The Morgan fingerprint density at radius 1 is 1.32 bits per heavy atom. The number of H-pyrrole nitrogens is 1. The molecule has 2 aromatic rings. The molecule has 116 valence electrons. The van der Waals surface area contributed by atoms with Crippen LogP contribution in [0.5, 0.6) is 0 Å². The van der Waals surface area contributed by atoms with Gasteiger partial charge in [0.1, 0.15) is 6.10 Å². The van der Waals surface area contributed by atoms with Crippen LogP contribution in [-0.2, 0) is 19.9 Å². The summed E-state index contributed by atoms with van der Waals surface area (Å²) in [5, 5.41) is 32.5. The molecule has 7 heteroatoms. The second-order valence-electron chi connectivity index (χ2n) is 5.93. The van der Waals surface area contributed by atoms with Gasteiger partial charge in [0.05, 0.1) is 6.61 Å². The second-order valence-corrected chi connectivity index (χ2v) is 5.93. The highest BCUT2D eigenvalue weighted by Gasteiger charge is 2.80. The van der Waals surface area contributed by atoms with Crippen molar-refractivity contribution >= 4 is 16.9 Å². The Kier molecular flexibility index (Phi) is 2.42. The van der Waals surface area contributed by atoms with Gasteiger partial charge in [-0.2, -0.15) is 0 Å². The van der Waals surface area contributed by atoms with Crippen LogP contribution in [0.3, 0.4) is 0 Å². The SMILES string of the molecule is C[C@]12OC(=O)[C@](O)(c3c[nH]c4ccccc34)[C@@]1(O)OC[C@@H]2O. The summed E-state index contributed by atoms with van der Waals surface area (Å²) in [4.78, 5) is 15.3. The lowest BCUT2D eigenvalue weighted by atomic mass is 9.78. The molecule has 0 unspecified atom stereocenters. The molecule has 22 heavy (non-hydrogen) atoms. The molecule has 0 radical (unpaired) electrons. The van der Waals surface area contributed by atoms with E-state index < -0.39 is 29.1 Å². The third kappa shape index (κ3) is 1.24. The molecule has 7 nitrogen and oxygen atoms in total. The van der Waals surface area contributed by atoms with Gasteiger partial charge in [-0.15, -0.1) is 0 Å². The van der Waals surface area contributed by atoms with Crippen LogP contribution in [0.4, 0.5) is 0 Å². The molecule has 0 amide bonds. The van der Waals surface area contributed by atoms with Gasteiger partial charge in [-0.05, 0) is 13.0 Å². The van der Waals surface area contributed by atoms with Gasteiger partial charge in [0.25, 0.3) is 5.79 Å². The van der Waals surface area contributed by atoms with Crippen LogP contribution < -0.4 is 0 Å². The smallest absolute Gasteiger partial charge is 0.349 e. The Bertz CT molecular complexity index is 787. The van der Waals surface area contributed by atoms with E-state index in [4.69, 9.17) is 9.47 Å². The van der Waals surface area contributed by atoms with Gasteiger partial charge in [-0.1, -0.05) is 18.2 Å². The van der Waals surface area contributed by atoms with Gasteiger partial charge in [0.2, 0.25) is 5.60 Å². The van der Waals surface area contributed by atoms with Gasteiger partial charge in [0, 0.05) is 22.7 Å². The summed E-state index contributed by atoms with van der Waals surface area (Å²) < 4.78 is 10.4. The highest BCUT2D eigenvalue weighted by atomic mass is 16.7. The molecule has 2 fully saturated rings. The molecule has 2 aliphatic heterocycles. The van der Waals surface area contributed by atoms with Crippen LogP contribution in [0.1, 0.15) is 12.5 Å². The zero-order valence-electron chi connectivity index (χ0n) is 11.7. The van der Waals surface area contributed by atoms with Crippen LogP contribution in [0.25, 0.3) is 10.9 Å². The Morgan fingerprint density at radius 3 is 2.82 bits per heavy atom. The number of fused-ring (bicyclic) bond motifs is 2. The van der Waals surface area contributed by atoms with Gasteiger partial charge < -0.3 is 29.8 Å². The number of hydrogen-bond donors (Lipinski definition) is 4. The number of carbonyl (C=O) groups excluding carboxylic acids is 1. The Hall–Kier alpha value is -1.93. The fourth-order valence-corrected chi connectivity index (χ4v) is 3.40. The van der Waals surface area contributed by atoms with Crippen LogP contribution in [0, 0.1) is 0 Å². The Labute approximate surface area is 125 Å². The molecule has 0 bridgehead atoms. The largest absolute Gasteiger partial charge is 0.448 e. The molecule has 2 aliphatic rings. The highest BCUT2D eigenvalue weighted by Crippen LogP contribution is 2.55. The number of hydrogen-bond acceptors (Lipinski definition) is 6. The first-order valence-electron chi connectivity index (χ1n) is 6.91. The van der Waals surface area contributed by atoms with Crippen molar-refractivity contribution in [1.82, 2.24) is 4.98 Å². The monoisotopic (exact) mass is 305 g/mol. The van der Waals surface area contributed by atoms with Crippen molar-refractivity contribution in [3.05, 3.63) is 36.0 Å². The molecule has 4 N–H and O–H groups in total. The van der Waals surface area contributed by atoms with Crippen molar-refractivity contribution in [2.45, 2.75) is 30.0 Å². The fraction of sp³-hybridized carbons (Fsp3) is 0.400. The van der Waals surface area contributed by atoms with Crippen LogP contribution in [0.2, 0.25) is 0 Å². The van der Waals surface area contributed by atoms with E-state index in [1.165, 1.54) is 13.1 Å². The number of para-hydroxylation sites is 1. The van der Waals surface area contributed by atoms with Crippen molar-refractivity contribution in [2.75, 3.05) is 6.61 Å².